The maximum Gasteiger partial charge on any atom is 0.355 e. The van der Waals surface area contributed by atoms with E-state index in [0.29, 0.717) is 5.41 Å². The van der Waals surface area contributed by atoms with Crippen LogP contribution in [0.3, 0.4) is 0 Å². The number of aromatic carboxylic acids is 1. The molecular weight excluding hydrogens is 212 g/mol. The first-order chi connectivity index (χ1) is 7.08. The lowest BCUT2D eigenvalue weighted by Gasteiger charge is -2.17. The van der Waals surface area contributed by atoms with Gasteiger partial charge in [0.1, 0.15) is 0 Å². The van der Waals surface area contributed by atoms with Crippen molar-refractivity contribution in [3.8, 4) is 0 Å². The molecule has 1 saturated carbocycles. The summed E-state index contributed by atoms with van der Waals surface area (Å²) in [5.74, 6) is -0.136. The molecule has 1 aromatic rings. The first-order valence-corrected chi connectivity index (χ1v) is 5.90. The van der Waals surface area contributed by atoms with Crippen LogP contribution in [0.2, 0.25) is 0 Å². The zero-order chi connectivity index (χ0) is 10.6. The van der Waals surface area contributed by atoms with Gasteiger partial charge in [-0.1, -0.05) is 6.92 Å². The molecule has 0 aromatic carbocycles. The van der Waals surface area contributed by atoms with Crippen LogP contribution >= 0.6 is 11.3 Å². The number of fused-ring (bicyclic) bond motifs is 1. The Balaban J connectivity index is 1.80. The summed E-state index contributed by atoms with van der Waals surface area (Å²) < 4.78 is 0. The number of rotatable bonds is 2. The Bertz CT molecular complexity index is 431. The topological polar surface area (TPSA) is 53.4 Å². The van der Waals surface area contributed by atoms with Crippen LogP contribution in [-0.2, 0) is 0 Å². The molecule has 2 fully saturated rings. The minimum Gasteiger partial charge on any atom is -0.476 e. The van der Waals surface area contributed by atoms with Gasteiger partial charge in [-0.3, -0.25) is 0 Å². The van der Waals surface area contributed by atoms with Crippen LogP contribution in [0.1, 0.15) is 23.8 Å². The summed E-state index contributed by atoms with van der Waals surface area (Å²) in [5.41, 5.74) is 0.649. The van der Waals surface area contributed by atoms with E-state index in [1.54, 1.807) is 5.38 Å². The minimum absolute atomic E-state index is 0.167. The van der Waals surface area contributed by atoms with E-state index in [-0.39, 0.29) is 5.69 Å². The van der Waals surface area contributed by atoms with Crippen molar-refractivity contribution in [3.05, 3.63) is 11.1 Å². The van der Waals surface area contributed by atoms with Gasteiger partial charge in [-0.2, -0.15) is 0 Å². The fraction of sp³-hybridized carbons (Fsp3) is 0.600. The first-order valence-electron chi connectivity index (χ1n) is 5.02. The molecule has 0 radical (unpaired) electrons. The molecule has 4 nitrogen and oxygen atoms in total. The number of hydrogen-bond donors (Lipinski definition) is 1. The van der Waals surface area contributed by atoms with E-state index in [2.05, 4.69) is 16.8 Å². The largest absolute Gasteiger partial charge is 0.476 e. The Kier molecular flexibility index (Phi) is 1.66. The van der Waals surface area contributed by atoms with Crippen molar-refractivity contribution in [1.29, 1.82) is 0 Å². The van der Waals surface area contributed by atoms with Crippen LogP contribution in [0.15, 0.2) is 5.38 Å². The van der Waals surface area contributed by atoms with Crippen molar-refractivity contribution in [1.82, 2.24) is 4.98 Å². The molecule has 80 valence electrons. The zero-order valence-corrected chi connectivity index (χ0v) is 9.25. The normalized spacial score (nSPS) is 32.9. The molecule has 1 aromatic heterocycles. The van der Waals surface area contributed by atoms with Gasteiger partial charge in [0, 0.05) is 18.5 Å². The SMILES string of the molecule is C[C@]12C[C@H]1CN(c1nc(C(=O)O)cs1)C2. The Hall–Kier alpha value is -1.10. The summed E-state index contributed by atoms with van der Waals surface area (Å²) in [6.45, 7) is 4.37. The highest BCUT2D eigenvalue weighted by molar-refractivity contribution is 7.13. The minimum atomic E-state index is -0.937. The first kappa shape index (κ1) is 9.15. The Morgan fingerprint density at radius 2 is 2.60 bits per heavy atom. The fourth-order valence-corrected chi connectivity index (χ4v) is 3.21. The predicted octanol–water partition coefficient (Wildman–Crippen LogP) is 1.69. The van der Waals surface area contributed by atoms with Gasteiger partial charge >= 0.3 is 5.97 Å². The van der Waals surface area contributed by atoms with Crippen molar-refractivity contribution in [3.63, 3.8) is 0 Å². The molecule has 1 aliphatic carbocycles. The van der Waals surface area contributed by atoms with Gasteiger partial charge in [0.05, 0.1) is 0 Å². The number of carboxylic acids is 1. The summed E-state index contributed by atoms with van der Waals surface area (Å²) in [4.78, 5) is 17.0. The molecule has 1 saturated heterocycles. The van der Waals surface area contributed by atoms with Gasteiger partial charge < -0.3 is 10.0 Å². The maximum atomic E-state index is 10.7. The molecule has 2 aliphatic rings. The molecule has 3 rings (SSSR count). The lowest BCUT2D eigenvalue weighted by atomic mass is 10.1. The Morgan fingerprint density at radius 1 is 1.80 bits per heavy atom. The molecule has 1 N–H and O–H groups in total. The average Bonchev–Trinajstić information content (AvgIpc) is 2.62. The van der Waals surface area contributed by atoms with Crippen molar-refractivity contribution >= 4 is 22.4 Å². The highest BCUT2D eigenvalue weighted by Gasteiger charge is 2.56. The van der Waals surface area contributed by atoms with E-state index >= 15 is 0 Å². The van der Waals surface area contributed by atoms with Gasteiger partial charge in [-0.25, -0.2) is 9.78 Å². The van der Waals surface area contributed by atoms with E-state index in [0.717, 1.165) is 24.1 Å². The summed E-state index contributed by atoms with van der Waals surface area (Å²) in [5, 5.41) is 11.3. The lowest BCUT2D eigenvalue weighted by molar-refractivity contribution is 0.0691. The quantitative estimate of drug-likeness (QED) is 0.830. The van der Waals surface area contributed by atoms with Gasteiger partial charge in [0.2, 0.25) is 0 Å². The smallest absolute Gasteiger partial charge is 0.355 e. The Labute approximate surface area is 91.5 Å². The van der Waals surface area contributed by atoms with Crippen molar-refractivity contribution in [2.24, 2.45) is 11.3 Å². The number of aromatic nitrogens is 1. The van der Waals surface area contributed by atoms with Crippen LogP contribution in [0.4, 0.5) is 5.13 Å². The number of piperidine rings is 1. The summed E-state index contributed by atoms with van der Waals surface area (Å²) in [6, 6.07) is 0. The summed E-state index contributed by atoms with van der Waals surface area (Å²) in [6.07, 6.45) is 1.32. The second-order valence-corrected chi connectivity index (χ2v) is 5.59. The highest BCUT2D eigenvalue weighted by Crippen LogP contribution is 2.58. The van der Waals surface area contributed by atoms with E-state index in [4.69, 9.17) is 5.11 Å². The third kappa shape index (κ3) is 1.33. The number of nitrogens with zero attached hydrogens (tertiary/aromatic N) is 2. The van der Waals surface area contributed by atoms with Gasteiger partial charge in [-0.05, 0) is 17.8 Å². The van der Waals surface area contributed by atoms with Crippen LogP contribution in [0.25, 0.3) is 0 Å². The molecule has 0 bridgehead atoms. The van der Waals surface area contributed by atoms with Gasteiger partial charge in [0.25, 0.3) is 0 Å². The second kappa shape index (κ2) is 2.72. The number of hydrogen-bond acceptors (Lipinski definition) is 4. The molecule has 1 aliphatic heterocycles. The monoisotopic (exact) mass is 224 g/mol. The van der Waals surface area contributed by atoms with E-state index in [1.165, 1.54) is 17.8 Å². The third-order valence-electron chi connectivity index (χ3n) is 3.51. The van der Waals surface area contributed by atoms with Crippen molar-refractivity contribution in [2.75, 3.05) is 18.0 Å². The number of anilines is 1. The highest BCUT2D eigenvalue weighted by atomic mass is 32.1. The van der Waals surface area contributed by atoms with Crippen molar-refractivity contribution in [2.45, 2.75) is 13.3 Å². The molecule has 2 heterocycles. The molecule has 5 heteroatoms. The number of carboxylic acid groups (broad SMARTS) is 1. The fourth-order valence-electron chi connectivity index (χ4n) is 2.40. The number of carbonyl (C=O) groups is 1. The molecule has 0 spiro atoms. The second-order valence-electron chi connectivity index (χ2n) is 4.76. The zero-order valence-electron chi connectivity index (χ0n) is 8.43. The summed E-state index contributed by atoms with van der Waals surface area (Å²) in [7, 11) is 0. The van der Waals surface area contributed by atoms with E-state index < -0.39 is 5.97 Å². The van der Waals surface area contributed by atoms with E-state index in [9.17, 15) is 4.79 Å². The average molecular weight is 224 g/mol. The predicted molar refractivity (Wildman–Crippen MR) is 57.5 cm³/mol. The maximum absolute atomic E-state index is 10.7. The summed E-state index contributed by atoms with van der Waals surface area (Å²) >= 11 is 1.43. The van der Waals surface area contributed by atoms with Crippen LogP contribution in [0.5, 0.6) is 0 Å². The standard InChI is InChI=1S/C10H12N2O2S/c1-10-2-6(10)3-12(5-10)9-11-7(4-15-9)8(13)14/h4,6H,2-3,5H2,1H3,(H,13,14)/t6-,10+/m0/s1. The van der Waals surface area contributed by atoms with Gasteiger partial charge in [0.15, 0.2) is 10.8 Å². The van der Waals surface area contributed by atoms with Crippen LogP contribution < -0.4 is 4.90 Å². The molecular formula is C10H12N2O2S. The van der Waals surface area contributed by atoms with Crippen molar-refractivity contribution < 1.29 is 9.90 Å². The van der Waals surface area contributed by atoms with Crippen LogP contribution in [-0.4, -0.2) is 29.1 Å². The van der Waals surface area contributed by atoms with Crippen LogP contribution in [0, 0.1) is 11.3 Å². The molecule has 15 heavy (non-hydrogen) atoms. The molecule has 0 unspecified atom stereocenters. The molecule has 0 amide bonds. The molecule has 2 atom stereocenters. The number of thiazole rings is 1. The third-order valence-corrected chi connectivity index (χ3v) is 4.41. The van der Waals surface area contributed by atoms with E-state index in [1.807, 2.05) is 0 Å². The van der Waals surface area contributed by atoms with Gasteiger partial charge in [-0.15, -0.1) is 11.3 Å². The lowest BCUT2D eigenvalue weighted by Crippen LogP contribution is -2.23. The Morgan fingerprint density at radius 3 is 3.13 bits per heavy atom.